The number of nitro benzene ring substituents is 1. The number of sulfonamides is 1. The molecule has 0 bridgehead atoms. The van der Waals surface area contributed by atoms with E-state index in [4.69, 9.17) is 0 Å². The van der Waals surface area contributed by atoms with Crippen molar-refractivity contribution in [1.29, 1.82) is 0 Å². The van der Waals surface area contributed by atoms with E-state index in [2.05, 4.69) is 19.2 Å². The van der Waals surface area contributed by atoms with Gasteiger partial charge in [0.15, 0.2) is 0 Å². The number of hydrogen-bond acceptors (Lipinski definition) is 6. The Bertz CT molecular complexity index is 1140. The molecule has 2 aromatic rings. The van der Waals surface area contributed by atoms with Crippen molar-refractivity contribution in [1.82, 2.24) is 9.21 Å². The quantitative estimate of drug-likeness (QED) is 0.487. The molecule has 1 fully saturated rings. The number of rotatable bonds is 7. The van der Waals surface area contributed by atoms with Gasteiger partial charge in [-0.2, -0.15) is 4.31 Å². The van der Waals surface area contributed by atoms with Gasteiger partial charge < -0.3 is 5.32 Å². The highest BCUT2D eigenvalue weighted by Gasteiger charge is 2.29. The lowest BCUT2D eigenvalue weighted by Crippen LogP contribution is -2.50. The van der Waals surface area contributed by atoms with Gasteiger partial charge in [0, 0.05) is 32.2 Å². The second kappa shape index (κ2) is 9.98. The van der Waals surface area contributed by atoms with Crippen LogP contribution in [0, 0.1) is 24.0 Å². The van der Waals surface area contributed by atoms with Crippen molar-refractivity contribution in [2.45, 2.75) is 38.5 Å². The first-order chi connectivity index (χ1) is 15.5. The van der Waals surface area contributed by atoms with Gasteiger partial charge in [-0.05, 0) is 54.7 Å². The molecule has 178 valence electrons. The first-order valence-electron chi connectivity index (χ1n) is 10.9. The Balaban J connectivity index is 1.60. The zero-order chi connectivity index (χ0) is 24.3. The normalized spacial score (nSPS) is 15.5. The average molecular weight is 475 g/mol. The van der Waals surface area contributed by atoms with Gasteiger partial charge in [0.25, 0.3) is 5.69 Å². The van der Waals surface area contributed by atoms with Gasteiger partial charge in [-0.3, -0.25) is 19.8 Å². The van der Waals surface area contributed by atoms with E-state index in [1.54, 1.807) is 25.1 Å². The van der Waals surface area contributed by atoms with Gasteiger partial charge in [0.05, 0.1) is 16.4 Å². The smallest absolute Gasteiger partial charge is 0.293 e. The molecule has 0 atom stereocenters. The van der Waals surface area contributed by atoms with Crippen LogP contribution in [0.5, 0.6) is 0 Å². The fourth-order valence-electron chi connectivity index (χ4n) is 3.75. The first kappa shape index (κ1) is 24.8. The molecule has 0 aliphatic carbocycles. The number of carbonyl (C=O) groups is 1. The number of nitrogens with zero attached hydrogens (tertiary/aromatic N) is 3. The van der Waals surface area contributed by atoms with E-state index in [1.165, 1.54) is 10.4 Å². The number of aryl methyl sites for hydroxylation is 2. The van der Waals surface area contributed by atoms with Crippen molar-refractivity contribution in [2.24, 2.45) is 0 Å². The first-order valence-corrected chi connectivity index (χ1v) is 12.3. The van der Waals surface area contributed by atoms with E-state index >= 15 is 0 Å². The van der Waals surface area contributed by atoms with Crippen molar-refractivity contribution < 1.29 is 18.1 Å². The van der Waals surface area contributed by atoms with E-state index in [9.17, 15) is 23.3 Å². The molecule has 0 unspecified atom stereocenters. The molecule has 0 saturated carbocycles. The van der Waals surface area contributed by atoms with Crippen molar-refractivity contribution in [3.63, 3.8) is 0 Å². The van der Waals surface area contributed by atoms with Crippen LogP contribution in [-0.2, 0) is 14.8 Å². The van der Waals surface area contributed by atoms with Crippen molar-refractivity contribution in [3.8, 4) is 0 Å². The molecule has 33 heavy (non-hydrogen) atoms. The molecule has 9 nitrogen and oxygen atoms in total. The second-order valence-corrected chi connectivity index (χ2v) is 10.6. The summed E-state index contributed by atoms with van der Waals surface area (Å²) in [5.41, 5.74) is 2.71. The van der Waals surface area contributed by atoms with Gasteiger partial charge in [-0.25, -0.2) is 8.42 Å². The van der Waals surface area contributed by atoms with Crippen LogP contribution in [0.1, 0.15) is 36.5 Å². The lowest BCUT2D eigenvalue weighted by Gasteiger charge is -2.33. The van der Waals surface area contributed by atoms with E-state index in [-0.39, 0.29) is 41.8 Å². The van der Waals surface area contributed by atoms with Crippen LogP contribution >= 0.6 is 0 Å². The monoisotopic (exact) mass is 474 g/mol. The van der Waals surface area contributed by atoms with Crippen LogP contribution in [0.15, 0.2) is 41.3 Å². The van der Waals surface area contributed by atoms with Gasteiger partial charge >= 0.3 is 0 Å². The van der Waals surface area contributed by atoms with Crippen LogP contribution in [0.25, 0.3) is 0 Å². The molecule has 1 aliphatic heterocycles. The van der Waals surface area contributed by atoms with E-state index < -0.39 is 14.9 Å². The molecule has 1 saturated heterocycles. The Morgan fingerprint density at radius 1 is 1.06 bits per heavy atom. The predicted octanol–water partition coefficient (Wildman–Crippen LogP) is 3.28. The fraction of sp³-hybridized carbons (Fsp3) is 0.435. The van der Waals surface area contributed by atoms with E-state index in [0.29, 0.717) is 19.0 Å². The van der Waals surface area contributed by atoms with Gasteiger partial charge in [-0.15, -0.1) is 0 Å². The maximum absolute atomic E-state index is 13.0. The van der Waals surface area contributed by atoms with Crippen LogP contribution in [-0.4, -0.2) is 61.2 Å². The third-order valence-electron chi connectivity index (χ3n) is 5.97. The van der Waals surface area contributed by atoms with Gasteiger partial charge in [0.1, 0.15) is 5.69 Å². The standard InChI is InChI=1S/C23H30N4O5S/c1-16(2)19-5-7-20(8-6-19)33(31,32)26-11-9-25(10-12-26)15-23(28)24-21-13-17(3)18(4)14-22(21)27(29)30/h5-8,13-14,16H,9-12,15H2,1-4H3,(H,24,28). The summed E-state index contributed by atoms with van der Waals surface area (Å²) in [5, 5.41) is 14.0. The number of nitro groups is 1. The Labute approximate surface area is 194 Å². The Morgan fingerprint density at radius 3 is 2.18 bits per heavy atom. The largest absolute Gasteiger partial charge is 0.319 e. The molecular weight excluding hydrogens is 444 g/mol. The van der Waals surface area contributed by atoms with E-state index in [0.717, 1.165) is 16.7 Å². The summed E-state index contributed by atoms with van der Waals surface area (Å²) >= 11 is 0. The summed E-state index contributed by atoms with van der Waals surface area (Å²) in [6.07, 6.45) is 0. The topological polar surface area (TPSA) is 113 Å². The minimum Gasteiger partial charge on any atom is -0.319 e. The number of hydrogen-bond donors (Lipinski definition) is 1. The number of benzene rings is 2. The third kappa shape index (κ3) is 5.76. The number of carbonyl (C=O) groups excluding carboxylic acids is 1. The number of nitrogens with one attached hydrogen (secondary N) is 1. The Morgan fingerprint density at radius 2 is 1.64 bits per heavy atom. The zero-order valence-electron chi connectivity index (χ0n) is 19.4. The molecule has 1 N–H and O–H groups in total. The molecule has 1 heterocycles. The molecule has 0 aromatic heterocycles. The molecule has 0 radical (unpaired) electrons. The maximum atomic E-state index is 13.0. The van der Waals surface area contributed by atoms with Crippen LogP contribution in [0.3, 0.4) is 0 Å². The minimum absolute atomic E-state index is 0.0288. The lowest BCUT2D eigenvalue weighted by atomic mass is 10.0. The van der Waals surface area contributed by atoms with Crippen LogP contribution in [0.4, 0.5) is 11.4 Å². The molecule has 3 rings (SSSR count). The van der Waals surface area contributed by atoms with Crippen molar-refractivity contribution in [2.75, 3.05) is 38.0 Å². The fourth-order valence-corrected chi connectivity index (χ4v) is 5.17. The van der Waals surface area contributed by atoms with Crippen molar-refractivity contribution in [3.05, 3.63) is 63.2 Å². The van der Waals surface area contributed by atoms with E-state index in [1.807, 2.05) is 24.0 Å². The number of anilines is 1. The molecule has 10 heteroatoms. The Hall–Kier alpha value is -2.82. The summed E-state index contributed by atoms with van der Waals surface area (Å²) in [5.74, 6) is -0.0522. The summed E-state index contributed by atoms with van der Waals surface area (Å²) < 4.78 is 27.4. The third-order valence-corrected chi connectivity index (χ3v) is 7.88. The lowest BCUT2D eigenvalue weighted by molar-refractivity contribution is -0.384. The van der Waals surface area contributed by atoms with Gasteiger partial charge in [0.2, 0.25) is 15.9 Å². The SMILES string of the molecule is Cc1cc(NC(=O)CN2CCN(S(=O)(=O)c3ccc(C(C)C)cc3)CC2)c([N+](=O)[O-])cc1C. The van der Waals surface area contributed by atoms with Crippen LogP contribution in [0.2, 0.25) is 0 Å². The molecular formula is C23H30N4O5S. The molecule has 2 aromatic carbocycles. The highest BCUT2D eigenvalue weighted by molar-refractivity contribution is 7.89. The summed E-state index contributed by atoms with van der Waals surface area (Å²) in [4.78, 5) is 25.5. The van der Waals surface area contributed by atoms with Crippen molar-refractivity contribution >= 4 is 27.3 Å². The Kier molecular flexibility index (Phi) is 7.51. The molecule has 0 spiro atoms. The van der Waals surface area contributed by atoms with Crippen LogP contribution < -0.4 is 5.32 Å². The average Bonchev–Trinajstić information content (AvgIpc) is 2.76. The second-order valence-electron chi connectivity index (χ2n) is 8.66. The predicted molar refractivity (Wildman–Crippen MR) is 127 cm³/mol. The minimum atomic E-state index is -3.60. The van der Waals surface area contributed by atoms with Gasteiger partial charge in [-0.1, -0.05) is 26.0 Å². The summed E-state index contributed by atoms with van der Waals surface area (Å²) in [6, 6.07) is 10.00. The zero-order valence-corrected chi connectivity index (χ0v) is 20.2. The maximum Gasteiger partial charge on any atom is 0.293 e. The number of piperazine rings is 1. The molecule has 1 amide bonds. The summed E-state index contributed by atoms with van der Waals surface area (Å²) in [7, 11) is -3.60. The summed E-state index contributed by atoms with van der Waals surface area (Å²) in [6.45, 7) is 9.06. The molecule has 1 aliphatic rings. The number of amides is 1. The highest BCUT2D eigenvalue weighted by Crippen LogP contribution is 2.28. The highest BCUT2D eigenvalue weighted by atomic mass is 32.2.